The third-order valence-corrected chi connectivity index (χ3v) is 18.7. The number of rotatable bonds is 23. The van der Waals surface area contributed by atoms with Crippen LogP contribution >= 0.6 is 11.6 Å². The van der Waals surface area contributed by atoms with Crippen molar-refractivity contribution < 1.29 is 46.7 Å². The van der Waals surface area contributed by atoms with Crippen LogP contribution in [0.3, 0.4) is 0 Å². The number of fused-ring (bicyclic) bond motifs is 2. The number of aromatic nitrogens is 2. The van der Waals surface area contributed by atoms with Gasteiger partial charge in [0.2, 0.25) is 11.8 Å². The predicted molar refractivity (Wildman–Crippen MR) is 332 cm³/mol. The maximum atomic E-state index is 14.1. The van der Waals surface area contributed by atoms with E-state index in [9.17, 15) is 37.7 Å². The molecule has 458 valence electrons. The Kier molecular flexibility index (Phi) is 17.9. The van der Waals surface area contributed by atoms with E-state index in [0.717, 1.165) is 103 Å². The number of anilines is 3. The molecule has 7 heterocycles. The van der Waals surface area contributed by atoms with Gasteiger partial charge < -0.3 is 44.5 Å². The van der Waals surface area contributed by atoms with Crippen LogP contribution in [0.25, 0.3) is 22.2 Å². The Balaban J connectivity index is 0.669. The van der Waals surface area contributed by atoms with Gasteiger partial charge in [-0.05, 0) is 122 Å². The van der Waals surface area contributed by atoms with Crippen LogP contribution < -0.4 is 35.0 Å². The van der Waals surface area contributed by atoms with Gasteiger partial charge in [0.25, 0.3) is 27.5 Å². The number of ether oxygens (including phenoxy) is 3. The molecule has 1 unspecified atom stereocenters. The van der Waals surface area contributed by atoms with Crippen LogP contribution in [0.1, 0.15) is 70.4 Å². The molecule has 22 nitrogen and oxygen atoms in total. The molecule has 0 bridgehead atoms. The number of piperazine rings is 1. The largest absolute Gasteiger partial charge is 0.493 e. The molecule has 7 aromatic rings. The van der Waals surface area contributed by atoms with Crippen molar-refractivity contribution in [3.05, 3.63) is 159 Å². The van der Waals surface area contributed by atoms with Crippen LogP contribution in [-0.2, 0) is 37.4 Å². The van der Waals surface area contributed by atoms with E-state index >= 15 is 0 Å². The summed E-state index contributed by atoms with van der Waals surface area (Å²) in [5.41, 5.74) is 6.55. The van der Waals surface area contributed by atoms with E-state index in [1.165, 1.54) is 24.4 Å². The lowest BCUT2D eigenvalue weighted by Gasteiger charge is -2.39. The summed E-state index contributed by atoms with van der Waals surface area (Å²) >= 11 is 6.37. The molecule has 0 saturated carbocycles. The first-order chi connectivity index (χ1) is 42.7. The fourth-order valence-electron chi connectivity index (χ4n) is 12.3. The lowest BCUT2D eigenvalue weighted by atomic mass is 9.97. The summed E-state index contributed by atoms with van der Waals surface area (Å²) < 4.78 is 48.4. The second-order valence-electron chi connectivity index (χ2n) is 23.0. The first kappa shape index (κ1) is 59.7. The number of hydrogen-bond acceptors (Lipinski definition) is 17. The summed E-state index contributed by atoms with van der Waals surface area (Å²) in [4.78, 5) is 79.0. The summed E-state index contributed by atoms with van der Waals surface area (Å²) in [6, 6.07) is 31.1. The summed E-state index contributed by atoms with van der Waals surface area (Å²) in [6.45, 7) is 9.32. The van der Waals surface area contributed by atoms with E-state index < -0.39 is 43.4 Å². The van der Waals surface area contributed by atoms with Gasteiger partial charge in [-0.3, -0.25) is 39.5 Å². The molecule has 0 spiro atoms. The van der Waals surface area contributed by atoms with Gasteiger partial charge in [0.15, 0.2) is 0 Å². The summed E-state index contributed by atoms with van der Waals surface area (Å²) in [5, 5.41) is 22.6. The monoisotopic (exact) mass is 1230 g/mol. The van der Waals surface area contributed by atoms with Crippen molar-refractivity contribution in [1.29, 1.82) is 0 Å². The van der Waals surface area contributed by atoms with Crippen molar-refractivity contribution >= 4 is 79.0 Å². The van der Waals surface area contributed by atoms with Crippen LogP contribution in [0.5, 0.6) is 17.2 Å². The Hall–Kier alpha value is -8.61. The normalized spacial score (nSPS) is 17.8. The number of sulfonamides is 1. The topological polar surface area (TPSA) is 263 Å². The number of benzene rings is 5. The molecule has 4 amide bonds. The van der Waals surface area contributed by atoms with Gasteiger partial charge >= 0.3 is 0 Å². The number of nitro groups is 1. The van der Waals surface area contributed by atoms with Crippen LogP contribution in [-0.4, -0.2) is 146 Å². The summed E-state index contributed by atoms with van der Waals surface area (Å²) in [6.07, 6.45) is 7.33. The number of imide groups is 1. The highest BCUT2D eigenvalue weighted by Crippen LogP contribution is 2.38. The Morgan fingerprint density at radius 2 is 1.62 bits per heavy atom. The summed E-state index contributed by atoms with van der Waals surface area (Å²) in [7, 11) is -4.62. The number of piperidine rings is 1. The quantitative estimate of drug-likeness (QED) is 0.0173. The molecule has 24 heteroatoms. The molecule has 1 atom stereocenters. The minimum atomic E-state index is -4.62. The Labute approximate surface area is 514 Å². The molecule has 12 rings (SSSR count). The summed E-state index contributed by atoms with van der Waals surface area (Å²) in [5.74, 6) is -0.0630. The number of amides is 4. The third-order valence-electron chi connectivity index (χ3n) is 17.2. The SMILES string of the molecule is O=C1CCC(N2Cc3c(NCCCCN4CC(COc5cccc(-c6ccc(Cl)cc6)c5CN5CCN(c6ccc(C(=O)NS(=O)(=O)c7ccc(NCC8CCOCC8)c([N+](=O)[O-])c7)c(Oc7cnc8[nH]ccc8c7)c6)CC5)C4)cccc3C2=O)C(=O)N1. The van der Waals surface area contributed by atoms with Gasteiger partial charge in [-0.2, -0.15) is 0 Å². The number of halogens is 1. The number of nitrogens with one attached hydrogen (secondary N) is 5. The number of nitro benzene ring substituents is 1. The molecular formula is C64H68ClN11O11S. The van der Waals surface area contributed by atoms with Crippen molar-refractivity contribution in [3.63, 3.8) is 0 Å². The van der Waals surface area contributed by atoms with E-state index in [1.54, 1.807) is 35.4 Å². The number of carbonyl (C=O) groups is 4. The molecule has 0 radical (unpaired) electrons. The maximum absolute atomic E-state index is 14.1. The average molecular weight is 1230 g/mol. The van der Waals surface area contributed by atoms with Gasteiger partial charge in [-0.25, -0.2) is 18.1 Å². The van der Waals surface area contributed by atoms with Crippen molar-refractivity contribution in [2.24, 2.45) is 11.8 Å². The molecule has 5 N–H and O–H groups in total. The van der Waals surface area contributed by atoms with Crippen molar-refractivity contribution in [1.82, 2.24) is 34.7 Å². The highest BCUT2D eigenvalue weighted by molar-refractivity contribution is 7.90. The van der Waals surface area contributed by atoms with E-state index in [0.29, 0.717) is 100.0 Å². The molecular weight excluding hydrogens is 1170 g/mol. The number of aromatic amines is 1. The van der Waals surface area contributed by atoms with Gasteiger partial charge in [-0.15, -0.1) is 0 Å². The van der Waals surface area contributed by atoms with Crippen molar-refractivity contribution in [2.75, 3.05) is 94.3 Å². The Bertz CT molecular complexity index is 3880. The standard InChI is InChI=1S/C64H68ClN11O11S/c65-45-11-9-43(10-12-45)49-5-4-8-58(86-40-42-36-73(37-42)24-2-1-22-66-54-7-3-6-50-52(54)39-75(64(50)80)56-17-18-60(77)70-63(56)79)53(49)38-72-25-27-74(28-26-72)46-13-15-51(59(32-46)87-47-31-44-19-23-67-61(44)69-35-47)62(78)71-88(83,84)48-14-16-55(57(33-48)76(81)82)68-34-41-20-29-85-30-21-41/h3-16,19,23,31-33,35,41-42,56,66,68H,1-2,17-18,20-22,24-30,34,36-40H2,(H,67,69)(H,71,78)(H,70,77,79). The number of H-pyrrole nitrogens is 1. The molecule has 4 saturated heterocycles. The van der Waals surface area contributed by atoms with Gasteiger partial charge in [0.05, 0.1) is 28.2 Å². The minimum absolute atomic E-state index is 0.0777. The number of unbranched alkanes of at least 4 members (excludes halogenated alkanes) is 1. The van der Waals surface area contributed by atoms with E-state index in [4.69, 9.17) is 25.8 Å². The number of carbonyl (C=O) groups excluding carboxylic acids is 4. The smallest absolute Gasteiger partial charge is 0.293 e. The van der Waals surface area contributed by atoms with Gasteiger partial charge in [0, 0.05) is 148 Å². The first-order valence-corrected chi connectivity index (χ1v) is 31.7. The molecule has 2 aromatic heterocycles. The highest BCUT2D eigenvalue weighted by Gasteiger charge is 2.40. The molecule has 4 fully saturated rings. The van der Waals surface area contributed by atoms with Crippen LogP contribution in [0.2, 0.25) is 5.02 Å². The van der Waals surface area contributed by atoms with Crippen LogP contribution in [0.15, 0.2) is 126 Å². The van der Waals surface area contributed by atoms with E-state index in [2.05, 4.69) is 51.4 Å². The van der Waals surface area contributed by atoms with Crippen LogP contribution in [0.4, 0.5) is 22.7 Å². The highest BCUT2D eigenvalue weighted by atomic mass is 35.5. The lowest BCUT2D eigenvalue weighted by Crippen LogP contribution is -2.52. The van der Waals surface area contributed by atoms with E-state index in [-0.39, 0.29) is 41.2 Å². The Morgan fingerprint density at radius 3 is 2.42 bits per heavy atom. The molecule has 5 aliphatic rings. The average Bonchev–Trinajstić information content (AvgIpc) is 1.93. The maximum Gasteiger partial charge on any atom is 0.293 e. The second-order valence-corrected chi connectivity index (χ2v) is 25.1. The first-order valence-electron chi connectivity index (χ1n) is 29.8. The Morgan fingerprint density at radius 1 is 0.830 bits per heavy atom. The fraction of sp³-hybridized carbons (Fsp3) is 0.359. The number of hydrogen-bond donors (Lipinski definition) is 5. The molecule has 0 aliphatic carbocycles. The number of nitrogens with zero attached hydrogens (tertiary/aromatic N) is 6. The predicted octanol–water partition coefficient (Wildman–Crippen LogP) is 8.83. The zero-order valence-corrected chi connectivity index (χ0v) is 50.0. The third kappa shape index (κ3) is 13.6. The molecule has 5 aromatic carbocycles. The fourth-order valence-corrected chi connectivity index (χ4v) is 13.4. The van der Waals surface area contributed by atoms with Gasteiger partial charge in [-0.1, -0.05) is 41.9 Å². The van der Waals surface area contributed by atoms with Crippen molar-refractivity contribution in [3.8, 4) is 28.4 Å². The minimum Gasteiger partial charge on any atom is -0.493 e. The second kappa shape index (κ2) is 26.4. The lowest BCUT2D eigenvalue weighted by molar-refractivity contribution is -0.384. The number of likely N-dealkylation sites (tertiary alicyclic amines) is 1. The van der Waals surface area contributed by atoms with Gasteiger partial charge in [0.1, 0.15) is 34.6 Å². The zero-order chi connectivity index (χ0) is 60.9. The zero-order valence-electron chi connectivity index (χ0n) is 48.4. The van der Waals surface area contributed by atoms with Crippen molar-refractivity contribution in [2.45, 2.75) is 62.6 Å². The van der Waals surface area contributed by atoms with Crippen LogP contribution in [0, 0.1) is 22.0 Å². The molecule has 88 heavy (non-hydrogen) atoms. The number of pyridine rings is 1. The van der Waals surface area contributed by atoms with E-state index in [1.807, 2.05) is 54.6 Å². The molecule has 5 aliphatic heterocycles.